The minimum Gasteiger partial charge on any atom is -0.363 e. The summed E-state index contributed by atoms with van der Waals surface area (Å²) in [5.41, 5.74) is 2.06. The van der Waals surface area contributed by atoms with E-state index < -0.39 is 18.3 Å². The lowest BCUT2D eigenvalue weighted by Gasteiger charge is -2.34. The van der Waals surface area contributed by atoms with Crippen LogP contribution in [0.15, 0.2) is 30.5 Å². The largest absolute Gasteiger partial charge is 0.410 e. The van der Waals surface area contributed by atoms with Crippen LogP contribution in [0.2, 0.25) is 0 Å². The van der Waals surface area contributed by atoms with Crippen molar-refractivity contribution in [2.24, 2.45) is 5.92 Å². The lowest BCUT2D eigenvalue weighted by Crippen LogP contribution is -2.37. The van der Waals surface area contributed by atoms with Gasteiger partial charge >= 0.3 is 6.18 Å². The number of anilines is 1. The SMILES string of the molecule is CCc1ccc(C2CC(C(F)(F)F)n3ncc(C(=O)NCC4CCCCC4)c3N2)cc1. The summed E-state index contributed by atoms with van der Waals surface area (Å²) in [5.74, 6) is 0.200. The fourth-order valence-corrected chi connectivity index (χ4v) is 4.66. The smallest absolute Gasteiger partial charge is 0.363 e. The Bertz CT molecular complexity index is 901. The molecule has 2 unspecified atom stereocenters. The topological polar surface area (TPSA) is 59.0 Å². The van der Waals surface area contributed by atoms with Crippen LogP contribution in [-0.4, -0.2) is 28.4 Å². The molecule has 31 heavy (non-hydrogen) atoms. The highest BCUT2D eigenvalue weighted by atomic mass is 19.4. The van der Waals surface area contributed by atoms with Gasteiger partial charge in [-0.25, -0.2) is 4.68 Å². The van der Waals surface area contributed by atoms with E-state index in [9.17, 15) is 18.0 Å². The van der Waals surface area contributed by atoms with Gasteiger partial charge in [0.2, 0.25) is 0 Å². The molecule has 1 aliphatic carbocycles. The minimum absolute atomic E-state index is 0.138. The summed E-state index contributed by atoms with van der Waals surface area (Å²) in [7, 11) is 0. The van der Waals surface area contributed by atoms with E-state index in [0.717, 1.165) is 47.9 Å². The molecule has 1 amide bonds. The zero-order chi connectivity index (χ0) is 22.0. The average molecular weight is 435 g/mol. The van der Waals surface area contributed by atoms with Crippen molar-refractivity contribution in [3.8, 4) is 0 Å². The minimum atomic E-state index is -4.46. The molecule has 0 radical (unpaired) electrons. The number of carbonyl (C=O) groups is 1. The molecule has 1 aromatic heterocycles. The molecule has 0 spiro atoms. The van der Waals surface area contributed by atoms with Crippen LogP contribution in [0.25, 0.3) is 0 Å². The number of hydrogen-bond acceptors (Lipinski definition) is 3. The Labute approximate surface area is 180 Å². The zero-order valence-electron chi connectivity index (χ0n) is 17.7. The van der Waals surface area contributed by atoms with Gasteiger partial charge in [0.1, 0.15) is 11.4 Å². The predicted octanol–water partition coefficient (Wildman–Crippen LogP) is 5.42. The molecule has 8 heteroatoms. The number of nitrogens with one attached hydrogen (secondary N) is 2. The standard InChI is InChI=1S/C23H29F3N4O/c1-2-15-8-10-17(11-9-15)19-12-20(23(24,25)26)30-21(29-19)18(14-28-30)22(31)27-13-16-6-4-3-5-7-16/h8-11,14,16,19-20,29H,2-7,12-13H2,1H3,(H,27,31). The van der Waals surface area contributed by atoms with Crippen LogP contribution >= 0.6 is 0 Å². The van der Waals surface area contributed by atoms with E-state index in [1.165, 1.54) is 12.6 Å². The molecule has 1 saturated carbocycles. The van der Waals surface area contributed by atoms with Crippen molar-refractivity contribution in [3.63, 3.8) is 0 Å². The first-order chi connectivity index (χ1) is 14.9. The van der Waals surface area contributed by atoms with Crippen molar-refractivity contribution in [1.82, 2.24) is 15.1 Å². The Morgan fingerprint density at radius 1 is 1.19 bits per heavy atom. The first-order valence-electron chi connectivity index (χ1n) is 11.1. The summed E-state index contributed by atoms with van der Waals surface area (Å²) in [6.07, 6.45) is 3.20. The van der Waals surface area contributed by atoms with Gasteiger partial charge in [0.25, 0.3) is 5.91 Å². The van der Waals surface area contributed by atoms with Gasteiger partial charge in [0, 0.05) is 13.0 Å². The van der Waals surface area contributed by atoms with E-state index >= 15 is 0 Å². The third kappa shape index (κ3) is 4.72. The van der Waals surface area contributed by atoms with Gasteiger partial charge in [-0.1, -0.05) is 50.5 Å². The Morgan fingerprint density at radius 3 is 2.55 bits per heavy atom. The summed E-state index contributed by atoms with van der Waals surface area (Å²) in [6.45, 7) is 2.58. The Hall–Kier alpha value is -2.51. The van der Waals surface area contributed by atoms with Crippen molar-refractivity contribution < 1.29 is 18.0 Å². The number of aromatic nitrogens is 2. The second-order valence-electron chi connectivity index (χ2n) is 8.65. The second-order valence-corrected chi connectivity index (χ2v) is 8.65. The summed E-state index contributed by atoms with van der Waals surface area (Å²) >= 11 is 0. The van der Waals surface area contributed by atoms with Crippen LogP contribution in [0.5, 0.6) is 0 Å². The molecular weight excluding hydrogens is 405 g/mol. The van der Waals surface area contributed by atoms with Crippen LogP contribution in [0.4, 0.5) is 19.0 Å². The second kappa shape index (κ2) is 8.93. The van der Waals surface area contributed by atoms with E-state index in [1.54, 1.807) is 0 Å². The third-order valence-corrected chi connectivity index (χ3v) is 6.55. The molecule has 2 aliphatic rings. The number of fused-ring (bicyclic) bond motifs is 1. The fraction of sp³-hybridized carbons (Fsp3) is 0.565. The van der Waals surface area contributed by atoms with Crippen molar-refractivity contribution in [1.29, 1.82) is 0 Å². The lowest BCUT2D eigenvalue weighted by atomic mass is 9.89. The zero-order valence-corrected chi connectivity index (χ0v) is 17.7. The van der Waals surface area contributed by atoms with Gasteiger partial charge in [-0.3, -0.25) is 4.79 Å². The molecule has 2 aromatic rings. The van der Waals surface area contributed by atoms with E-state index in [-0.39, 0.29) is 23.7 Å². The Morgan fingerprint density at radius 2 is 1.90 bits per heavy atom. The molecule has 168 valence electrons. The molecule has 2 heterocycles. The molecule has 2 atom stereocenters. The van der Waals surface area contributed by atoms with Gasteiger partial charge < -0.3 is 10.6 Å². The maximum Gasteiger partial charge on any atom is 0.410 e. The third-order valence-electron chi connectivity index (χ3n) is 6.55. The number of nitrogens with zero attached hydrogens (tertiary/aromatic N) is 2. The summed E-state index contributed by atoms with van der Waals surface area (Å²) in [6, 6.07) is 5.26. The number of benzene rings is 1. The number of carbonyl (C=O) groups excluding carboxylic acids is 1. The normalized spacial score (nSPS) is 21.9. The lowest BCUT2D eigenvalue weighted by molar-refractivity contribution is -0.173. The first-order valence-corrected chi connectivity index (χ1v) is 11.1. The van der Waals surface area contributed by atoms with Crippen molar-refractivity contribution in [3.05, 3.63) is 47.2 Å². The first kappa shape index (κ1) is 21.7. The van der Waals surface area contributed by atoms with Gasteiger partial charge in [0.05, 0.1) is 12.2 Å². The van der Waals surface area contributed by atoms with Gasteiger partial charge in [-0.15, -0.1) is 0 Å². The van der Waals surface area contributed by atoms with Crippen LogP contribution in [0, 0.1) is 5.92 Å². The molecule has 1 aromatic carbocycles. The molecular formula is C23H29F3N4O. The molecule has 2 N–H and O–H groups in total. The highest BCUT2D eigenvalue weighted by molar-refractivity contribution is 5.98. The van der Waals surface area contributed by atoms with Crippen LogP contribution in [-0.2, 0) is 6.42 Å². The highest BCUT2D eigenvalue weighted by Gasteiger charge is 2.47. The van der Waals surface area contributed by atoms with Gasteiger partial charge in [-0.05, 0) is 36.3 Å². The van der Waals surface area contributed by atoms with E-state index in [4.69, 9.17) is 0 Å². The van der Waals surface area contributed by atoms with Gasteiger partial charge in [-0.2, -0.15) is 18.3 Å². The Kier molecular flexibility index (Phi) is 6.25. The highest BCUT2D eigenvalue weighted by Crippen LogP contribution is 2.44. The molecule has 5 nitrogen and oxygen atoms in total. The number of alkyl halides is 3. The molecule has 1 aliphatic heterocycles. The molecule has 0 saturated heterocycles. The molecule has 1 fully saturated rings. The summed E-state index contributed by atoms with van der Waals surface area (Å²) < 4.78 is 42.4. The molecule has 0 bridgehead atoms. The van der Waals surface area contributed by atoms with Crippen LogP contribution < -0.4 is 10.6 Å². The van der Waals surface area contributed by atoms with E-state index in [1.807, 2.05) is 31.2 Å². The summed E-state index contributed by atoms with van der Waals surface area (Å²) in [4.78, 5) is 12.8. The molecule has 4 rings (SSSR count). The average Bonchev–Trinajstić information content (AvgIpc) is 3.21. The quantitative estimate of drug-likeness (QED) is 0.661. The fourth-order valence-electron chi connectivity index (χ4n) is 4.66. The van der Waals surface area contributed by atoms with Crippen molar-refractivity contribution >= 4 is 11.7 Å². The van der Waals surface area contributed by atoms with E-state index in [0.29, 0.717) is 12.5 Å². The predicted molar refractivity (Wildman–Crippen MR) is 113 cm³/mol. The maximum atomic E-state index is 13.8. The van der Waals surface area contributed by atoms with Crippen LogP contribution in [0.1, 0.15) is 79.0 Å². The monoisotopic (exact) mass is 434 g/mol. The van der Waals surface area contributed by atoms with Crippen molar-refractivity contribution in [2.75, 3.05) is 11.9 Å². The number of amides is 1. The van der Waals surface area contributed by atoms with E-state index in [2.05, 4.69) is 15.7 Å². The number of halogens is 3. The van der Waals surface area contributed by atoms with Gasteiger partial charge in [0.15, 0.2) is 6.04 Å². The number of aryl methyl sites for hydroxylation is 1. The van der Waals surface area contributed by atoms with Crippen molar-refractivity contribution in [2.45, 2.75) is 70.1 Å². The Balaban J connectivity index is 1.57. The summed E-state index contributed by atoms with van der Waals surface area (Å²) in [5, 5.41) is 10.0. The van der Waals surface area contributed by atoms with Crippen LogP contribution in [0.3, 0.4) is 0 Å². The number of hydrogen-bond donors (Lipinski definition) is 2. The maximum absolute atomic E-state index is 13.8. The number of rotatable bonds is 5.